The van der Waals surface area contributed by atoms with Crippen molar-refractivity contribution >= 4 is 5.69 Å². The van der Waals surface area contributed by atoms with Crippen LogP contribution < -0.4 is 5.73 Å². The zero-order valence-corrected chi connectivity index (χ0v) is 10.9. The average molecular weight is 280 g/mol. The van der Waals surface area contributed by atoms with Crippen molar-refractivity contribution in [2.75, 3.05) is 18.8 Å². The van der Waals surface area contributed by atoms with Crippen molar-refractivity contribution in [2.24, 2.45) is 0 Å². The number of halogens is 3. The van der Waals surface area contributed by atoms with Gasteiger partial charge in [-0.1, -0.05) is 0 Å². The number of anilines is 1. The highest BCUT2D eigenvalue weighted by Gasteiger charge is 2.32. The normalized spacial score (nSPS) is 14.3. The molecule has 1 unspecified atom stereocenters. The van der Waals surface area contributed by atoms with Gasteiger partial charge in [0.05, 0.1) is 31.1 Å². The molecule has 5 nitrogen and oxygen atoms in total. The Bertz CT molecular complexity index is 392. The molecule has 0 saturated heterocycles. The summed E-state index contributed by atoms with van der Waals surface area (Å²) in [6, 6.07) is -0.307. The molecule has 0 fully saturated rings. The van der Waals surface area contributed by atoms with Gasteiger partial charge in [-0.3, -0.25) is 9.58 Å². The van der Waals surface area contributed by atoms with Crippen LogP contribution in [0.4, 0.5) is 18.9 Å². The summed E-state index contributed by atoms with van der Waals surface area (Å²) in [4.78, 5) is 1.18. The largest absolute Gasteiger partial charge is 0.401 e. The van der Waals surface area contributed by atoms with E-state index in [1.807, 2.05) is 0 Å². The molecule has 0 amide bonds. The van der Waals surface area contributed by atoms with E-state index in [4.69, 9.17) is 5.73 Å². The van der Waals surface area contributed by atoms with Crippen LogP contribution in [0.1, 0.15) is 13.8 Å². The second kappa shape index (κ2) is 6.25. The fourth-order valence-corrected chi connectivity index (χ4v) is 1.71. The molecule has 1 rings (SSSR count). The Morgan fingerprint density at radius 3 is 2.53 bits per heavy atom. The maximum atomic E-state index is 12.4. The van der Waals surface area contributed by atoms with Crippen LogP contribution in [0.25, 0.3) is 0 Å². The van der Waals surface area contributed by atoms with Gasteiger partial charge in [0.2, 0.25) is 0 Å². The summed E-state index contributed by atoms with van der Waals surface area (Å²) in [5.41, 5.74) is 5.91. The van der Waals surface area contributed by atoms with Crippen LogP contribution in [0.2, 0.25) is 0 Å². The van der Waals surface area contributed by atoms with Gasteiger partial charge in [-0.15, -0.1) is 0 Å². The van der Waals surface area contributed by atoms with Crippen LogP contribution >= 0.6 is 0 Å². The molecule has 8 heteroatoms. The zero-order valence-electron chi connectivity index (χ0n) is 10.9. The van der Waals surface area contributed by atoms with E-state index in [1.165, 1.54) is 22.0 Å². The Morgan fingerprint density at radius 1 is 1.47 bits per heavy atom. The molecule has 0 aliphatic carbocycles. The highest BCUT2D eigenvalue weighted by atomic mass is 19.4. The maximum Gasteiger partial charge on any atom is 0.401 e. The molecule has 0 aromatic carbocycles. The standard InChI is InChI=1S/C11H19F3N4O/c1-8(2)17(7-11(12,13)14)5-10(19)6-18-4-9(15)3-16-18/h3-4,8,10,19H,5-7,15H2,1-2H3. The molecule has 1 aromatic rings. The van der Waals surface area contributed by atoms with Crippen molar-refractivity contribution in [3.05, 3.63) is 12.4 Å². The average Bonchev–Trinajstić information content (AvgIpc) is 2.60. The molecule has 19 heavy (non-hydrogen) atoms. The molecule has 0 aliphatic rings. The van der Waals surface area contributed by atoms with Crippen LogP contribution in [0.5, 0.6) is 0 Å². The van der Waals surface area contributed by atoms with Gasteiger partial charge < -0.3 is 10.8 Å². The van der Waals surface area contributed by atoms with E-state index in [2.05, 4.69) is 5.10 Å². The number of aliphatic hydroxyl groups is 1. The van der Waals surface area contributed by atoms with Crippen LogP contribution in [-0.4, -0.2) is 51.2 Å². The molecular formula is C11H19F3N4O. The van der Waals surface area contributed by atoms with E-state index in [0.717, 1.165) is 0 Å². The minimum Gasteiger partial charge on any atom is -0.396 e. The monoisotopic (exact) mass is 280 g/mol. The number of rotatable bonds is 6. The predicted molar refractivity (Wildman–Crippen MR) is 65.4 cm³/mol. The first kappa shape index (κ1) is 15.8. The highest BCUT2D eigenvalue weighted by Crippen LogP contribution is 2.18. The van der Waals surface area contributed by atoms with Crippen molar-refractivity contribution in [3.63, 3.8) is 0 Å². The molecule has 0 aliphatic heterocycles. The lowest BCUT2D eigenvalue weighted by atomic mass is 10.2. The fourth-order valence-electron chi connectivity index (χ4n) is 1.71. The number of aromatic nitrogens is 2. The van der Waals surface area contributed by atoms with E-state index < -0.39 is 18.8 Å². The third-order valence-corrected chi connectivity index (χ3v) is 2.61. The van der Waals surface area contributed by atoms with Gasteiger partial charge >= 0.3 is 6.18 Å². The summed E-state index contributed by atoms with van der Waals surface area (Å²) in [6.07, 6.45) is -2.28. The summed E-state index contributed by atoms with van der Waals surface area (Å²) in [5, 5.41) is 13.7. The third kappa shape index (κ3) is 5.93. The van der Waals surface area contributed by atoms with Gasteiger partial charge in [0.1, 0.15) is 0 Å². The van der Waals surface area contributed by atoms with Crippen molar-refractivity contribution < 1.29 is 18.3 Å². The van der Waals surface area contributed by atoms with Crippen molar-refractivity contribution in [1.82, 2.24) is 14.7 Å². The van der Waals surface area contributed by atoms with Gasteiger partial charge in [-0.05, 0) is 13.8 Å². The molecule has 110 valence electrons. The quantitative estimate of drug-likeness (QED) is 0.819. The zero-order chi connectivity index (χ0) is 14.6. The second-order valence-corrected chi connectivity index (χ2v) is 4.79. The lowest BCUT2D eigenvalue weighted by molar-refractivity contribution is -0.152. The van der Waals surface area contributed by atoms with Crippen LogP contribution in [0.3, 0.4) is 0 Å². The summed E-state index contributed by atoms with van der Waals surface area (Å²) < 4.78 is 38.6. The lowest BCUT2D eigenvalue weighted by Crippen LogP contribution is -2.44. The molecule has 0 bridgehead atoms. The predicted octanol–water partition coefficient (Wildman–Crippen LogP) is 1.10. The van der Waals surface area contributed by atoms with Gasteiger partial charge in [0.15, 0.2) is 0 Å². The van der Waals surface area contributed by atoms with Crippen molar-refractivity contribution in [3.8, 4) is 0 Å². The van der Waals surface area contributed by atoms with E-state index in [1.54, 1.807) is 13.8 Å². The maximum absolute atomic E-state index is 12.4. The van der Waals surface area contributed by atoms with E-state index in [-0.39, 0.29) is 19.1 Å². The molecule has 0 radical (unpaired) electrons. The summed E-state index contributed by atoms with van der Waals surface area (Å²) in [7, 11) is 0. The number of nitrogens with two attached hydrogens (primary N) is 1. The summed E-state index contributed by atoms with van der Waals surface area (Å²) in [6.45, 7) is 2.31. The lowest BCUT2D eigenvalue weighted by Gasteiger charge is -2.29. The Balaban J connectivity index is 2.54. The van der Waals surface area contributed by atoms with Gasteiger partial charge in [-0.2, -0.15) is 18.3 Å². The molecule has 3 N–H and O–H groups in total. The molecule has 1 atom stereocenters. The number of nitrogen functional groups attached to an aromatic ring is 1. The van der Waals surface area contributed by atoms with E-state index in [0.29, 0.717) is 5.69 Å². The van der Waals surface area contributed by atoms with Crippen LogP contribution in [0.15, 0.2) is 12.4 Å². The fraction of sp³-hybridized carbons (Fsp3) is 0.727. The minimum absolute atomic E-state index is 0.0725. The summed E-state index contributed by atoms with van der Waals surface area (Å²) >= 11 is 0. The molecule has 0 saturated carbocycles. The number of alkyl halides is 3. The number of nitrogens with zero attached hydrogens (tertiary/aromatic N) is 3. The van der Waals surface area contributed by atoms with E-state index in [9.17, 15) is 18.3 Å². The molecule has 1 heterocycles. The first-order valence-corrected chi connectivity index (χ1v) is 5.94. The Morgan fingerprint density at radius 2 is 2.11 bits per heavy atom. The number of hydrogen-bond acceptors (Lipinski definition) is 4. The Labute approximate surface area is 109 Å². The highest BCUT2D eigenvalue weighted by molar-refractivity contribution is 5.30. The van der Waals surface area contributed by atoms with Crippen molar-refractivity contribution in [2.45, 2.75) is 38.7 Å². The third-order valence-electron chi connectivity index (χ3n) is 2.61. The van der Waals surface area contributed by atoms with Gasteiger partial charge in [0, 0.05) is 18.8 Å². The minimum atomic E-state index is -4.28. The SMILES string of the molecule is CC(C)N(CC(O)Cn1cc(N)cn1)CC(F)(F)F. The van der Waals surface area contributed by atoms with Crippen LogP contribution in [0, 0.1) is 0 Å². The molecular weight excluding hydrogens is 261 g/mol. The Kier molecular flexibility index (Phi) is 5.19. The number of hydrogen-bond donors (Lipinski definition) is 2. The van der Waals surface area contributed by atoms with Crippen LogP contribution in [-0.2, 0) is 6.54 Å². The first-order valence-electron chi connectivity index (χ1n) is 5.94. The molecule has 1 aromatic heterocycles. The smallest absolute Gasteiger partial charge is 0.396 e. The Hall–Kier alpha value is -1.28. The topological polar surface area (TPSA) is 67.3 Å². The van der Waals surface area contributed by atoms with Gasteiger partial charge in [-0.25, -0.2) is 0 Å². The second-order valence-electron chi connectivity index (χ2n) is 4.79. The number of aliphatic hydroxyl groups excluding tert-OH is 1. The first-order chi connectivity index (χ1) is 8.67. The van der Waals surface area contributed by atoms with Gasteiger partial charge in [0.25, 0.3) is 0 Å². The molecule has 0 spiro atoms. The van der Waals surface area contributed by atoms with E-state index >= 15 is 0 Å². The van der Waals surface area contributed by atoms with Crippen molar-refractivity contribution in [1.29, 1.82) is 0 Å². The summed E-state index contributed by atoms with van der Waals surface area (Å²) in [5.74, 6) is 0.